The number of hydrogen-bond donors (Lipinski definition) is 5. The number of carboxylic acid groups (broad SMARTS) is 1. The molecular weight excluding hydrogens is 380 g/mol. The number of nitrogens with zero attached hydrogens (tertiary/aromatic N) is 1. The first-order chi connectivity index (χ1) is 12.8. The van der Waals surface area contributed by atoms with Crippen molar-refractivity contribution in [2.75, 3.05) is 26.3 Å². The summed E-state index contributed by atoms with van der Waals surface area (Å²) < 4.78 is 32.0. The van der Waals surface area contributed by atoms with Gasteiger partial charge in [0, 0.05) is 13.1 Å². The molecule has 1 fully saturated rings. The highest BCUT2D eigenvalue weighted by Gasteiger charge is 2.29. The molecule has 12 heteroatoms. The summed E-state index contributed by atoms with van der Waals surface area (Å²) in [6, 6.07) is 7.25. The molecule has 1 unspecified atom stereocenters. The van der Waals surface area contributed by atoms with Gasteiger partial charge in [0.15, 0.2) is 0 Å². The van der Waals surface area contributed by atoms with Crippen LogP contribution in [-0.4, -0.2) is 74.1 Å². The van der Waals surface area contributed by atoms with Crippen LogP contribution in [0.4, 0.5) is 0 Å². The van der Waals surface area contributed by atoms with Crippen LogP contribution in [0.5, 0.6) is 0 Å². The Labute approximate surface area is 156 Å². The van der Waals surface area contributed by atoms with Gasteiger partial charge in [-0.3, -0.25) is 4.79 Å². The Morgan fingerprint density at radius 2 is 1.81 bits per heavy atom. The molecule has 0 saturated carbocycles. The molecule has 1 aromatic carbocycles. The van der Waals surface area contributed by atoms with Gasteiger partial charge in [0.2, 0.25) is 12.1 Å². The summed E-state index contributed by atoms with van der Waals surface area (Å²) in [5, 5.41) is 21.3. The molecule has 1 aliphatic rings. The maximum atomic E-state index is 12.4. The summed E-state index contributed by atoms with van der Waals surface area (Å²) >= 11 is 0. The highest BCUT2D eigenvalue weighted by molar-refractivity contribution is 7.87. The lowest BCUT2D eigenvalue weighted by Crippen LogP contribution is -2.58. The molecule has 0 aromatic heterocycles. The van der Waals surface area contributed by atoms with E-state index in [1.165, 1.54) is 5.01 Å². The Kier molecular flexibility index (Phi) is 7.65. The first kappa shape index (κ1) is 21.2. The van der Waals surface area contributed by atoms with Gasteiger partial charge in [-0.05, 0) is 12.0 Å². The topological polar surface area (TPSA) is 157 Å². The number of carbonyl (C=O) groups excluding carboxylic acids is 1. The maximum Gasteiger partial charge on any atom is 0.353 e. The van der Waals surface area contributed by atoms with Crippen molar-refractivity contribution in [2.45, 2.75) is 18.7 Å². The van der Waals surface area contributed by atoms with Gasteiger partial charge in [-0.2, -0.15) is 13.1 Å². The predicted octanol–water partition coefficient (Wildman–Crippen LogP) is -2.21. The average Bonchev–Trinajstić information content (AvgIpc) is 2.62. The summed E-state index contributed by atoms with van der Waals surface area (Å²) in [5.74, 6) is -2.63. The predicted molar refractivity (Wildman–Crippen MR) is 93.3 cm³/mol. The van der Waals surface area contributed by atoms with E-state index in [0.717, 1.165) is 0 Å². The molecule has 2 atom stereocenters. The van der Waals surface area contributed by atoms with Crippen LogP contribution in [0, 0.1) is 0 Å². The Morgan fingerprint density at radius 3 is 2.41 bits per heavy atom. The van der Waals surface area contributed by atoms with Gasteiger partial charge in [-0.15, -0.1) is 4.83 Å². The summed E-state index contributed by atoms with van der Waals surface area (Å²) in [6.45, 7) is 1.41. The Morgan fingerprint density at radius 1 is 1.19 bits per heavy atom. The zero-order valence-electron chi connectivity index (χ0n) is 14.4. The summed E-state index contributed by atoms with van der Waals surface area (Å²) in [6.07, 6.45) is -2.18. The Bertz CT molecular complexity index is 738. The maximum absolute atomic E-state index is 12.4. The van der Waals surface area contributed by atoms with Gasteiger partial charge in [0.05, 0.1) is 13.2 Å². The number of aliphatic hydroxyl groups is 1. The first-order valence-corrected chi connectivity index (χ1v) is 9.63. The molecule has 1 saturated heterocycles. The van der Waals surface area contributed by atoms with Crippen LogP contribution < -0.4 is 14.9 Å². The number of morpholine rings is 1. The van der Waals surface area contributed by atoms with Gasteiger partial charge in [-0.25, -0.2) is 9.80 Å². The van der Waals surface area contributed by atoms with Crippen molar-refractivity contribution in [3.63, 3.8) is 0 Å². The van der Waals surface area contributed by atoms with Crippen molar-refractivity contribution in [3.8, 4) is 0 Å². The zero-order valence-corrected chi connectivity index (χ0v) is 15.2. The van der Waals surface area contributed by atoms with Gasteiger partial charge >= 0.3 is 5.97 Å². The molecule has 1 amide bonds. The molecule has 0 spiro atoms. The van der Waals surface area contributed by atoms with Crippen LogP contribution in [0.2, 0.25) is 0 Å². The molecule has 150 valence electrons. The third-order valence-electron chi connectivity index (χ3n) is 3.67. The second kappa shape index (κ2) is 9.73. The highest BCUT2D eigenvalue weighted by Crippen LogP contribution is 2.05. The average molecular weight is 402 g/mol. The van der Waals surface area contributed by atoms with E-state index in [2.05, 4.69) is 9.55 Å². The number of aliphatic carboxylic acids is 1. The number of carboxylic acids is 1. The van der Waals surface area contributed by atoms with Crippen LogP contribution in [-0.2, 0) is 31.0 Å². The largest absolute Gasteiger partial charge is 0.478 e. The standard InChI is InChI=1S/C15H22N4O7S/c20-13(16-14(21)15(22)23)12(10-11-4-2-1-3-5-11)17-27(24,25)18-19-6-8-26-9-7-19/h1-5,12,14,17-18,21H,6-10H2,(H,16,20)(H,22,23)/t12-,14?/m0/s1. The normalized spacial score (nSPS) is 17.8. The zero-order chi connectivity index (χ0) is 19.9. The number of aliphatic hydroxyl groups excluding tert-OH is 1. The van der Waals surface area contributed by atoms with E-state index in [4.69, 9.17) is 9.84 Å². The van der Waals surface area contributed by atoms with Crippen LogP contribution >= 0.6 is 0 Å². The highest BCUT2D eigenvalue weighted by atomic mass is 32.2. The second-order valence-electron chi connectivity index (χ2n) is 5.80. The second-order valence-corrected chi connectivity index (χ2v) is 7.23. The van der Waals surface area contributed by atoms with Crippen molar-refractivity contribution in [2.24, 2.45) is 0 Å². The van der Waals surface area contributed by atoms with E-state index in [1.54, 1.807) is 30.3 Å². The number of hydrazine groups is 1. The number of carbonyl (C=O) groups is 2. The minimum Gasteiger partial charge on any atom is -0.478 e. The lowest BCUT2D eigenvalue weighted by molar-refractivity contribution is -0.151. The van der Waals surface area contributed by atoms with Crippen LogP contribution in [0.25, 0.3) is 0 Å². The molecule has 1 aromatic rings. The van der Waals surface area contributed by atoms with Crippen molar-refractivity contribution < 1.29 is 33.0 Å². The fraction of sp³-hybridized carbons (Fsp3) is 0.467. The van der Waals surface area contributed by atoms with E-state index < -0.39 is 34.4 Å². The summed E-state index contributed by atoms with van der Waals surface area (Å²) in [4.78, 5) is 25.3. The Balaban J connectivity index is 2.10. The third kappa shape index (κ3) is 7.21. The molecule has 1 heterocycles. The van der Waals surface area contributed by atoms with Crippen molar-refractivity contribution in [1.29, 1.82) is 0 Å². The SMILES string of the molecule is O=C(O)C(O)NC(=O)[C@H](Cc1ccccc1)NS(=O)(=O)NN1CCOCC1. The molecule has 2 rings (SSSR count). The van der Waals surface area contributed by atoms with E-state index >= 15 is 0 Å². The van der Waals surface area contributed by atoms with Crippen molar-refractivity contribution in [1.82, 2.24) is 19.9 Å². The molecule has 11 nitrogen and oxygen atoms in total. The number of benzene rings is 1. The quantitative estimate of drug-likeness (QED) is 0.291. The molecule has 1 aliphatic heterocycles. The fourth-order valence-electron chi connectivity index (χ4n) is 2.37. The van der Waals surface area contributed by atoms with Gasteiger partial charge in [0.25, 0.3) is 10.2 Å². The summed E-state index contributed by atoms with van der Waals surface area (Å²) in [7, 11) is -4.12. The monoisotopic (exact) mass is 402 g/mol. The molecule has 0 radical (unpaired) electrons. The van der Waals surface area contributed by atoms with Crippen molar-refractivity contribution >= 4 is 22.1 Å². The lowest BCUT2D eigenvalue weighted by Gasteiger charge is -2.28. The van der Waals surface area contributed by atoms with Gasteiger partial charge in [0.1, 0.15) is 6.04 Å². The molecular formula is C15H22N4O7S. The van der Waals surface area contributed by atoms with Crippen molar-refractivity contribution in [3.05, 3.63) is 35.9 Å². The number of nitrogens with one attached hydrogen (secondary N) is 3. The summed E-state index contributed by atoms with van der Waals surface area (Å²) in [5.41, 5.74) is 0.650. The first-order valence-electron chi connectivity index (χ1n) is 8.14. The molecule has 0 bridgehead atoms. The van der Waals surface area contributed by atoms with E-state index in [1.807, 2.05) is 5.32 Å². The van der Waals surface area contributed by atoms with E-state index in [-0.39, 0.29) is 6.42 Å². The van der Waals surface area contributed by atoms with Crippen LogP contribution in [0.3, 0.4) is 0 Å². The van der Waals surface area contributed by atoms with Crippen LogP contribution in [0.1, 0.15) is 5.56 Å². The number of hydrogen-bond acceptors (Lipinski definition) is 7. The fourth-order valence-corrected chi connectivity index (χ4v) is 3.51. The lowest BCUT2D eigenvalue weighted by atomic mass is 10.1. The van der Waals surface area contributed by atoms with Gasteiger partial charge < -0.3 is 20.3 Å². The molecule has 5 N–H and O–H groups in total. The minimum absolute atomic E-state index is 0.0387. The minimum atomic E-state index is -4.12. The van der Waals surface area contributed by atoms with E-state index in [0.29, 0.717) is 31.9 Å². The molecule has 0 aliphatic carbocycles. The number of rotatable bonds is 9. The number of amides is 1. The van der Waals surface area contributed by atoms with Crippen LogP contribution in [0.15, 0.2) is 30.3 Å². The molecule has 27 heavy (non-hydrogen) atoms. The number of ether oxygens (including phenoxy) is 1. The van der Waals surface area contributed by atoms with E-state index in [9.17, 15) is 23.1 Å². The smallest absolute Gasteiger partial charge is 0.353 e. The third-order valence-corrected chi connectivity index (χ3v) is 4.76. The Hall–Kier alpha value is -2.09. The van der Waals surface area contributed by atoms with Gasteiger partial charge in [-0.1, -0.05) is 30.3 Å².